The third kappa shape index (κ3) is 5.00. The molecule has 5 nitrogen and oxygen atoms in total. The summed E-state index contributed by atoms with van der Waals surface area (Å²) in [7, 11) is 0. The molecule has 0 aliphatic heterocycles. The van der Waals surface area contributed by atoms with Crippen molar-refractivity contribution in [1.82, 2.24) is 14.8 Å². The highest BCUT2D eigenvalue weighted by atomic mass is 35.5. The van der Waals surface area contributed by atoms with Gasteiger partial charge >= 0.3 is 0 Å². The fourth-order valence-corrected chi connectivity index (χ4v) is 4.08. The summed E-state index contributed by atoms with van der Waals surface area (Å²) in [5.74, 6) is 0.0159. The lowest BCUT2D eigenvalue weighted by atomic mass is 10.1. The highest BCUT2D eigenvalue weighted by Crippen LogP contribution is 2.28. The molecule has 0 aliphatic carbocycles. The number of thioether (sulfide) groups is 1. The minimum atomic E-state index is -0.533. The van der Waals surface area contributed by atoms with E-state index in [0.29, 0.717) is 16.7 Å². The second-order valence-electron chi connectivity index (χ2n) is 6.99. The largest absolute Gasteiger partial charge is 0.325 e. The molecule has 3 aromatic carbocycles. The SMILES string of the molecule is CCc1ccc(-n2c(SCC(=O)Nc3ccc(F)c(Cl)c3)nnc2-c2ccccc2)cc1. The van der Waals surface area contributed by atoms with Crippen LogP contribution < -0.4 is 5.32 Å². The summed E-state index contributed by atoms with van der Waals surface area (Å²) < 4.78 is 15.3. The molecule has 0 saturated carbocycles. The van der Waals surface area contributed by atoms with Gasteiger partial charge in [-0.2, -0.15) is 0 Å². The second-order valence-corrected chi connectivity index (χ2v) is 8.34. The minimum Gasteiger partial charge on any atom is -0.325 e. The molecule has 32 heavy (non-hydrogen) atoms. The van der Waals surface area contributed by atoms with E-state index in [1.54, 1.807) is 0 Å². The maximum Gasteiger partial charge on any atom is 0.234 e. The number of rotatable bonds is 7. The van der Waals surface area contributed by atoms with Crippen LogP contribution in [0.5, 0.6) is 0 Å². The van der Waals surface area contributed by atoms with Gasteiger partial charge in [0.05, 0.1) is 10.8 Å². The standard InChI is InChI=1S/C24H20ClFN4OS/c1-2-16-8-11-19(12-9-16)30-23(17-6-4-3-5-7-17)28-29-24(30)32-15-22(31)27-18-10-13-21(26)20(25)14-18/h3-14H,2,15H2,1H3,(H,27,31). The van der Waals surface area contributed by atoms with Crippen molar-refractivity contribution in [3.05, 3.63) is 89.2 Å². The molecule has 0 saturated heterocycles. The zero-order valence-corrected chi connectivity index (χ0v) is 18.8. The predicted molar refractivity (Wildman–Crippen MR) is 127 cm³/mol. The van der Waals surface area contributed by atoms with Crippen LogP contribution in [-0.2, 0) is 11.2 Å². The molecule has 4 aromatic rings. The van der Waals surface area contributed by atoms with E-state index in [9.17, 15) is 9.18 Å². The normalized spacial score (nSPS) is 10.8. The monoisotopic (exact) mass is 466 g/mol. The number of carbonyl (C=O) groups is 1. The van der Waals surface area contributed by atoms with Gasteiger partial charge < -0.3 is 5.32 Å². The maximum atomic E-state index is 13.3. The Labute approximate surface area is 194 Å². The van der Waals surface area contributed by atoms with Gasteiger partial charge in [0, 0.05) is 16.9 Å². The van der Waals surface area contributed by atoms with Crippen molar-refractivity contribution < 1.29 is 9.18 Å². The molecule has 162 valence electrons. The average molecular weight is 467 g/mol. The molecule has 0 fully saturated rings. The lowest BCUT2D eigenvalue weighted by Crippen LogP contribution is -2.14. The first-order valence-corrected chi connectivity index (χ1v) is 11.4. The van der Waals surface area contributed by atoms with E-state index in [1.165, 1.54) is 35.5 Å². The van der Waals surface area contributed by atoms with E-state index >= 15 is 0 Å². The van der Waals surface area contributed by atoms with Crippen molar-refractivity contribution in [2.24, 2.45) is 0 Å². The summed E-state index contributed by atoms with van der Waals surface area (Å²) in [6, 6.07) is 22.0. The van der Waals surface area contributed by atoms with Crippen molar-refractivity contribution in [1.29, 1.82) is 0 Å². The maximum absolute atomic E-state index is 13.3. The Balaban J connectivity index is 1.58. The number of halogens is 2. The molecular weight excluding hydrogens is 447 g/mol. The van der Waals surface area contributed by atoms with Crippen molar-refractivity contribution in [2.75, 3.05) is 11.1 Å². The van der Waals surface area contributed by atoms with E-state index < -0.39 is 5.82 Å². The van der Waals surface area contributed by atoms with Crippen LogP contribution in [0.2, 0.25) is 5.02 Å². The number of carbonyl (C=O) groups excluding carboxylic acids is 1. The number of hydrogen-bond acceptors (Lipinski definition) is 4. The molecule has 1 N–H and O–H groups in total. The molecule has 0 bridgehead atoms. The number of nitrogens with zero attached hydrogens (tertiary/aromatic N) is 3. The number of benzene rings is 3. The topological polar surface area (TPSA) is 59.8 Å². The molecule has 0 radical (unpaired) electrons. The van der Waals surface area contributed by atoms with E-state index in [4.69, 9.17) is 11.6 Å². The third-order valence-corrected chi connectivity index (χ3v) is 6.02. The molecule has 0 spiro atoms. The molecule has 4 rings (SSSR count). The summed E-state index contributed by atoms with van der Waals surface area (Å²) in [5, 5.41) is 12.0. The first kappa shape index (κ1) is 22.0. The summed E-state index contributed by atoms with van der Waals surface area (Å²) in [6.45, 7) is 2.11. The third-order valence-electron chi connectivity index (χ3n) is 4.80. The van der Waals surface area contributed by atoms with Gasteiger partial charge in [0.1, 0.15) is 5.82 Å². The van der Waals surface area contributed by atoms with Crippen LogP contribution in [0.1, 0.15) is 12.5 Å². The van der Waals surface area contributed by atoms with Gasteiger partial charge in [-0.05, 0) is 42.3 Å². The number of anilines is 1. The molecular formula is C24H20ClFN4OS. The number of nitrogens with one attached hydrogen (secondary N) is 1. The van der Waals surface area contributed by atoms with Crippen molar-refractivity contribution >= 4 is 35.0 Å². The Kier molecular flexibility index (Phi) is 6.87. The lowest BCUT2D eigenvalue weighted by molar-refractivity contribution is -0.113. The molecule has 8 heteroatoms. The van der Waals surface area contributed by atoms with Crippen LogP contribution in [-0.4, -0.2) is 26.4 Å². The number of aryl methyl sites for hydroxylation is 1. The second kappa shape index (κ2) is 9.97. The van der Waals surface area contributed by atoms with Gasteiger partial charge in [0.25, 0.3) is 0 Å². The van der Waals surface area contributed by atoms with Crippen molar-refractivity contribution in [3.8, 4) is 17.1 Å². The molecule has 0 atom stereocenters. The van der Waals surface area contributed by atoms with E-state index in [-0.39, 0.29) is 16.7 Å². The van der Waals surface area contributed by atoms with Crippen LogP contribution in [0.15, 0.2) is 78.0 Å². The number of hydrogen-bond donors (Lipinski definition) is 1. The zero-order valence-electron chi connectivity index (χ0n) is 17.3. The van der Waals surface area contributed by atoms with Gasteiger partial charge in [0.2, 0.25) is 5.91 Å². The highest BCUT2D eigenvalue weighted by molar-refractivity contribution is 7.99. The Bertz CT molecular complexity index is 1230. The summed E-state index contributed by atoms with van der Waals surface area (Å²) in [4.78, 5) is 12.5. The Morgan fingerprint density at radius 2 is 1.81 bits per heavy atom. The van der Waals surface area contributed by atoms with E-state index in [2.05, 4.69) is 34.6 Å². The first-order chi connectivity index (χ1) is 15.5. The van der Waals surface area contributed by atoms with Crippen LogP contribution in [0.3, 0.4) is 0 Å². The molecule has 0 unspecified atom stereocenters. The summed E-state index contributed by atoms with van der Waals surface area (Å²) in [6.07, 6.45) is 0.948. The molecule has 1 aromatic heterocycles. The zero-order chi connectivity index (χ0) is 22.5. The van der Waals surface area contributed by atoms with E-state index in [0.717, 1.165) is 17.7 Å². The van der Waals surface area contributed by atoms with Crippen LogP contribution >= 0.6 is 23.4 Å². The molecule has 1 heterocycles. The summed E-state index contributed by atoms with van der Waals surface area (Å²) >= 11 is 7.06. The molecule has 1 amide bonds. The Hall–Kier alpha value is -3.16. The van der Waals surface area contributed by atoms with Gasteiger partial charge in [-0.3, -0.25) is 9.36 Å². The van der Waals surface area contributed by atoms with Crippen LogP contribution in [0.25, 0.3) is 17.1 Å². The van der Waals surface area contributed by atoms with Gasteiger partial charge in [-0.1, -0.05) is 72.8 Å². The quantitative estimate of drug-likeness (QED) is 0.338. The van der Waals surface area contributed by atoms with Crippen LogP contribution in [0, 0.1) is 5.82 Å². The highest BCUT2D eigenvalue weighted by Gasteiger charge is 2.17. The van der Waals surface area contributed by atoms with Crippen molar-refractivity contribution in [3.63, 3.8) is 0 Å². The lowest BCUT2D eigenvalue weighted by Gasteiger charge is -2.11. The fourth-order valence-electron chi connectivity index (χ4n) is 3.15. The van der Waals surface area contributed by atoms with Crippen molar-refractivity contribution in [2.45, 2.75) is 18.5 Å². The van der Waals surface area contributed by atoms with Gasteiger partial charge in [0.15, 0.2) is 11.0 Å². The predicted octanol–water partition coefficient (Wildman–Crippen LogP) is 6.02. The summed E-state index contributed by atoms with van der Waals surface area (Å²) in [5.41, 5.74) is 3.51. The van der Waals surface area contributed by atoms with Gasteiger partial charge in [-0.25, -0.2) is 4.39 Å². The average Bonchev–Trinajstić information content (AvgIpc) is 3.25. The van der Waals surface area contributed by atoms with E-state index in [1.807, 2.05) is 47.0 Å². The minimum absolute atomic E-state index is 0.0433. The number of amides is 1. The number of aromatic nitrogens is 3. The fraction of sp³-hybridized carbons (Fsp3) is 0.125. The first-order valence-electron chi connectivity index (χ1n) is 10.0. The Morgan fingerprint density at radius 3 is 2.50 bits per heavy atom. The smallest absolute Gasteiger partial charge is 0.234 e. The molecule has 0 aliphatic rings. The van der Waals surface area contributed by atoms with Crippen LogP contribution in [0.4, 0.5) is 10.1 Å². The van der Waals surface area contributed by atoms with Gasteiger partial charge in [-0.15, -0.1) is 10.2 Å². The Morgan fingerprint density at radius 1 is 1.06 bits per heavy atom.